The first kappa shape index (κ1) is 12.6. The number of carbonyl (C=O) groups excluding carboxylic acids is 1. The standard InChI is InChI=1S/C13H10N4O2S/c18-9-3-1-8(2-4-9)10(19)5-20-13-11-12(15-6-14-11)16-7-17-13/h1-4,6-7,18H,5H2,(H,14,15,16,17). The van der Waals surface area contributed by atoms with Crippen LogP contribution in [-0.2, 0) is 0 Å². The fourth-order valence-electron chi connectivity index (χ4n) is 1.72. The van der Waals surface area contributed by atoms with Crippen LogP contribution in [0.15, 0.2) is 41.9 Å². The number of aromatic nitrogens is 4. The van der Waals surface area contributed by atoms with E-state index in [1.54, 1.807) is 18.5 Å². The highest BCUT2D eigenvalue weighted by molar-refractivity contribution is 8.00. The Bertz CT molecular complexity index is 754. The van der Waals surface area contributed by atoms with Crippen LogP contribution in [-0.4, -0.2) is 36.6 Å². The molecule has 2 heterocycles. The summed E-state index contributed by atoms with van der Waals surface area (Å²) in [7, 11) is 0. The van der Waals surface area contributed by atoms with E-state index in [0.717, 1.165) is 5.52 Å². The molecule has 0 aliphatic rings. The third-order valence-corrected chi connectivity index (χ3v) is 3.71. The molecule has 0 saturated carbocycles. The highest BCUT2D eigenvalue weighted by Crippen LogP contribution is 2.23. The highest BCUT2D eigenvalue weighted by atomic mass is 32.2. The topological polar surface area (TPSA) is 91.8 Å². The zero-order valence-corrected chi connectivity index (χ0v) is 11.1. The number of hydrogen-bond acceptors (Lipinski definition) is 6. The summed E-state index contributed by atoms with van der Waals surface area (Å²) >= 11 is 1.33. The van der Waals surface area contributed by atoms with E-state index in [4.69, 9.17) is 0 Å². The minimum absolute atomic E-state index is 0.0266. The Kier molecular flexibility index (Phi) is 3.34. The Balaban J connectivity index is 1.74. The number of hydrogen-bond donors (Lipinski definition) is 2. The molecule has 1 aromatic carbocycles. The lowest BCUT2D eigenvalue weighted by Crippen LogP contribution is -2.02. The molecule has 20 heavy (non-hydrogen) atoms. The lowest BCUT2D eigenvalue weighted by Gasteiger charge is -2.02. The van der Waals surface area contributed by atoms with Crippen LogP contribution < -0.4 is 0 Å². The summed E-state index contributed by atoms with van der Waals surface area (Å²) in [6, 6.07) is 6.19. The molecule has 0 atom stereocenters. The molecule has 0 radical (unpaired) electrons. The van der Waals surface area contributed by atoms with Crippen molar-refractivity contribution in [2.24, 2.45) is 0 Å². The van der Waals surface area contributed by atoms with Crippen LogP contribution >= 0.6 is 11.8 Å². The number of carbonyl (C=O) groups is 1. The minimum atomic E-state index is -0.0266. The average Bonchev–Trinajstić information content (AvgIpc) is 2.94. The normalized spacial score (nSPS) is 10.8. The molecule has 0 spiro atoms. The van der Waals surface area contributed by atoms with Gasteiger partial charge in [-0.1, -0.05) is 11.8 Å². The number of Topliss-reactive ketones (excluding diaryl/α,β-unsaturated/α-hetero) is 1. The van der Waals surface area contributed by atoms with Crippen LogP contribution in [0.4, 0.5) is 0 Å². The summed E-state index contributed by atoms with van der Waals surface area (Å²) in [6.07, 6.45) is 2.97. The summed E-state index contributed by atoms with van der Waals surface area (Å²) in [5.41, 5.74) is 1.88. The SMILES string of the molecule is O=C(CSc1ncnc2nc[nH]c12)c1ccc(O)cc1. The van der Waals surface area contributed by atoms with Crippen molar-refractivity contribution in [3.8, 4) is 5.75 Å². The maximum atomic E-state index is 12.0. The Morgan fingerprint density at radius 1 is 1.20 bits per heavy atom. The van der Waals surface area contributed by atoms with Gasteiger partial charge in [0.2, 0.25) is 0 Å². The third kappa shape index (κ3) is 2.48. The summed E-state index contributed by atoms with van der Waals surface area (Å²) in [4.78, 5) is 27.2. The predicted molar refractivity (Wildman–Crippen MR) is 74.8 cm³/mol. The maximum absolute atomic E-state index is 12.0. The van der Waals surface area contributed by atoms with E-state index in [0.29, 0.717) is 16.2 Å². The van der Waals surface area contributed by atoms with Gasteiger partial charge in [-0.2, -0.15) is 0 Å². The molecular formula is C13H10N4O2S. The zero-order valence-electron chi connectivity index (χ0n) is 10.3. The van der Waals surface area contributed by atoms with Crippen molar-refractivity contribution in [3.63, 3.8) is 0 Å². The second-order valence-corrected chi connectivity index (χ2v) is 5.00. The lowest BCUT2D eigenvalue weighted by atomic mass is 10.1. The first-order valence-electron chi connectivity index (χ1n) is 5.83. The molecule has 0 saturated heterocycles. The number of phenolic OH excluding ortho intramolecular Hbond substituents is 1. The highest BCUT2D eigenvalue weighted by Gasteiger charge is 2.10. The van der Waals surface area contributed by atoms with Gasteiger partial charge in [-0.05, 0) is 24.3 Å². The van der Waals surface area contributed by atoms with Gasteiger partial charge in [-0.25, -0.2) is 15.0 Å². The van der Waals surface area contributed by atoms with Crippen molar-refractivity contribution in [1.29, 1.82) is 0 Å². The first-order chi connectivity index (χ1) is 9.74. The van der Waals surface area contributed by atoms with Crippen molar-refractivity contribution in [3.05, 3.63) is 42.5 Å². The number of H-pyrrole nitrogens is 1. The van der Waals surface area contributed by atoms with E-state index in [-0.39, 0.29) is 17.3 Å². The number of phenols is 1. The third-order valence-electron chi connectivity index (χ3n) is 2.72. The maximum Gasteiger partial charge on any atom is 0.181 e. The smallest absolute Gasteiger partial charge is 0.181 e. The number of thioether (sulfide) groups is 1. The monoisotopic (exact) mass is 286 g/mol. The number of nitrogens with one attached hydrogen (secondary N) is 1. The molecule has 2 N–H and O–H groups in total. The number of aromatic amines is 1. The fourth-order valence-corrected chi connectivity index (χ4v) is 2.57. The van der Waals surface area contributed by atoms with Gasteiger partial charge >= 0.3 is 0 Å². The van der Waals surface area contributed by atoms with Crippen molar-refractivity contribution >= 4 is 28.7 Å². The van der Waals surface area contributed by atoms with Crippen LogP contribution in [0.3, 0.4) is 0 Å². The molecule has 100 valence electrons. The molecule has 0 aliphatic carbocycles. The molecule has 7 heteroatoms. The number of imidazole rings is 1. The van der Waals surface area contributed by atoms with Crippen LogP contribution in [0.1, 0.15) is 10.4 Å². The fraction of sp³-hybridized carbons (Fsp3) is 0.0769. The Morgan fingerprint density at radius 2 is 2.00 bits per heavy atom. The molecule has 2 aromatic heterocycles. The number of fused-ring (bicyclic) bond motifs is 1. The van der Waals surface area contributed by atoms with Gasteiger partial charge in [0, 0.05) is 5.56 Å². The van der Waals surface area contributed by atoms with Gasteiger partial charge in [0.25, 0.3) is 0 Å². The number of nitrogens with zero attached hydrogens (tertiary/aromatic N) is 3. The summed E-state index contributed by atoms with van der Waals surface area (Å²) < 4.78 is 0. The molecule has 3 aromatic rings. The van der Waals surface area contributed by atoms with Crippen molar-refractivity contribution in [2.45, 2.75) is 5.03 Å². The Labute approximate surface area is 118 Å². The Morgan fingerprint density at radius 3 is 2.80 bits per heavy atom. The number of ketones is 1. The largest absolute Gasteiger partial charge is 0.508 e. The molecule has 0 bridgehead atoms. The first-order valence-corrected chi connectivity index (χ1v) is 6.82. The van der Waals surface area contributed by atoms with Crippen LogP contribution in [0.2, 0.25) is 0 Å². The van der Waals surface area contributed by atoms with Gasteiger partial charge in [0.1, 0.15) is 22.6 Å². The molecule has 3 rings (SSSR count). The van der Waals surface area contributed by atoms with Gasteiger partial charge in [0.05, 0.1) is 12.1 Å². The van der Waals surface area contributed by atoms with Crippen LogP contribution in [0.5, 0.6) is 5.75 Å². The lowest BCUT2D eigenvalue weighted by molar-refractivity contribution is 0.102. The van der Waals surface area contributed by atoms with Crippen molar-refractivity contribution in [1.82, 2.24) is 19.9 Å². The van der Waals surface area contributed by atoms with Crippen molar-refractivity contribution in [2.75, 3.05) is 5.75 Å². The predicted octanol–water partition coefficient (Wildman–Crippen LogP) is 2.03. The number of benzene rings is 1. The molecule has 0 unspecified atom stereocenters. The second kappa shape index (κ2) is 5.30. The van der Waals surface area contributed by atoms with E-state index in [2.05, 4.69) is 19.9 Å². The van der Waals surface area contributed by atoms with Crippen LogP contribution in [0, 0.1) is 0 Å². The molecule has 0 aliphatic heterocycles. The molecular weight excluding hydrogens is 276 g/mol. The van der Waals surface area contributed by atoms with E-state index in [9.17, 15) is 9.90 Å². The van der Waals surface area contributed by atoms with Gasteiger partial charge in [0.15, 0.2) is 11.4 Å². The van der Waals surface area contributed by atoms with E-state index in [1.165, 1.54) is 30.2 Å². The van der Waals surface area contributed by atoms with E-state index < -0.39 is 0 Å². The van der Waals surface area contributed by atoms with Gasteiger partial charge in [-0.3, -0.25) is 4.79 Å². The number of rotatable bonds is 4. The van der Waals surface area contributed by atoms with Crippen LogP contribution in [0.25, 0.3) is 11.2 Å². The van der Waals surface area contributed by atoms with E-state index >= 15 is 0 Å². The molecule has 0 fully saturated rings. The Hall–Kier alpha value is -2.41. The summed E-state index contributed by atoms with van der Waals surface area (Å²) in [5, 5.41) is 9.89. The minimum Gasteiger partial charge on any atom is -0.508 e. The van der Waals surface area contributed by atoms with Gasteiger partial charge < -0.3 is 10.1 Å². The van der Waals surface area contributed by atoms with Crippen molar-refractivity contribution < 1.29 is 9.90 Å². The molecule has 0 amide bonds. The summed E-state index contributed by atoms with van der Waals surface area (Å²) in [5.74, 6) is 0.376. The second-order valence-electron chi connectivity index (χ2n) is 4.04. The zero-order chi connectivity index (χ0) is 13.9. The summed E-state index contributed by atoms with van der Waals surface area (Å²) in [6.45, 7) is 0. The number of aromatic hydroxyl groups is 1. The quantitative estimate of drug-likeness (QED) is 0.433. The average molecular weight is 286 g/mol. The molecule has 6 nitrogen and oxygen atoms in total. The van der Waals surface area contributed by atoms with Gasteiger partial charge in [-0.15, -0.1) is 0 Å². The van der Waals surface area contributed by atoms with E-state index in [1.807, 2.05) is 0 Å².